The fourth-order valence-corrected chi connectivity index (χ4v) is 2.51. The molecule has 21 heavy (non-hydrogen) atoms. The second-order valence-corrected chi connectivity index (χ2v) is 5.70. The Labute approximate surface area is 121 Å². The fourth-order valence-electron chi connectivity index (χ4n) is 2.51. The largest absolute Gasteiger partial charge is 0.365 e. The standard InChI is InChI=1S/C13H17N5O3/c14-13(4-5-13)12(19)17-6-3-9(8-17)16-11-2-1-10(7-15-11)18(20)21/h1-2,7,9H,3-6,8,14H2,(H,15,16). The molecule has 2 heterocycles. The summed E-state index contributed by atoms with van der Waals surface area (Å²) in [6.07, 6.45) is 3.58. The van der Waals surface area contributed by atoms with Crippen molar-refractivity contribution in [2.45, 2.75) is 30.8 Å². The average Bonchev–Trinajstić information content (AvgIpc) is 3.05. The van der Waals surface area contributed by atoms with Crippen molar-refractivity contribution >= 4 is 17.4 Å². The van der Waals surface area contributed by atoms with E-state index in [1.54, 1.807) is 11.0 Å². The number of carbonyl (C=O) groups excluding carboxylic acids is 1. The van der Waals surface area contributed by atoms with Crippen molar-refractivity contribution < 1.29 is 9.72 Å². The summed E-state index contributed by atoms with van der Waals surface area (Å²) in [6, 6.07) is 3.09. The predicted octanol–water partition coefficient (Wildman–Crippen LogP) is 0.494. The van der Waals surface area contributed by atoms with Crippen molar-refractivity contribution in [3.63, 3.8) is 0 Å². The minimum Gasteiger partial charge on any atom is -0.365 e. The van der Waals surface area contributed by atoms with Crippen LogP contribution in [0.2, 0.25) is 0 Å². The summed E-state index contributed by atoms with van der Waals surface area (Å²) in [5, 5.41) is 13.8. The number of pyridine rings is 1. The van der Waals surface area contributed by atoms with Gasteiger partial charge in [-0.1, -0.05) is 0 Å². The molecular weight excluding hydrogens is 274 g/mol. The van der Waals surface area contributed by atoms with Crippen molar-refractivity contribution in [3.8, 4) is 0 Å². The first-order valence-corrected chi connectivity index (χ1v) is 6.93. The number of anilines is 1. The summed E-state index contributed by atoms with van der Waals surface area (Å²) in [6.45, 7) is 1.28. The molecule has 1 atom stereocenters. The molecule has 8 nitrogen and oxygen atoms in total. The molecule has 1 aromatic heterocycles. The molecule has 3 rings (SSSR count). The number of nitro groups is 1. The zero-order valence-electron chi connectivity index (χ0n) is 11.5. The molecule has 1 saturated carbocycles. The molecule has 1 aliphatic heterocycles. The molecule has 0 spiro atoms. The molecular formula is C13H17N5O3. The van der Waals surface area contributed by atoms with Crippen LogP contribution in [0.4, 0.5) is 11.5 Å². The van der Waals surface area contributed by atoms with Gasteiger partial charge in [0.2, 0.25) is 5.91 Å². The molecule has 0 bridgehead atoms. The summed E-state index contributed by atoms with van der Waals surface area (Å²) in [4.78, 5) is 28.0. The maximum Gasteiger partial charge on any atom is 0.287 e. The Hall–Kier alpha value is -2.22. The number of likely N-dealkylation sites (tertiary alicyclic amines) is 1. The molecule has 0 radical (unpaired) electrons. The lowest BCUT2D eigenvalue weighted by Gasteiger charge is -2.20. The van der Waals surface area contributed by atoms with Crippen LogP contribution >= 0.6 is 0 Å². The van der Waals surface area contributed by atoms with E-state index in [1.807, 2.05) is 0 Å². The van der Waals surface area contributed by atoms with Gasteiger partial charge in [-0.2, -0.15) is 0 Å². The van der Waals surface area contributed by atoms with E-state index in [1.165, 1.54) is 12.3 Å². The Morgan fingerprint density at radius 2 is 2.29 bits per heavy atom. The number of nitrogens with zero attached hydrogens (tertiary/aromatic N) is 3. The third kappa shape index (κ3) is 2.80. The minimum absolute atomic E-state index is 0.0310. The lowest BCUT2D eigenvalue weighted by molar-refractivity contribution is -0.385. The smallest absolute Gasteiger partial charge is 0.287 e. The first-order chi connectivity index (χ1) is 9.98. The van der Waals surface area contributed by atoms with E-state index in [0.29, 0.717) is 18.9 Å². The predicted molar refractivity (Wildman–Crippen MR) is 75.7 cm³/mol. The number of hydrogen-bond donors (Lipinski definition) is 2. The highest BCUT2D eigenvalue weighted by Gasteiger charge is 2.49. The van der Waals surface area contributed by atoms with Crippen LogP contribution in [-0.4, -0.2) is 45.4 Å². The molecule has 1 amide bonds. The topological polar surface area (TPSA) is 114 Å². The third-order valence-corrected chi connectivity index (χ3v) is 4.00. The van der Waals surface area contributed by atoms with Crippen molar-refractivity contribution in [3.05, 3.63) is 28.4 Å². The van der Waals surface area contributed by atoms with E-state index in [4.69, 9.17) is 5.73 Å². The molecule has 1 unspecified atom stereocenters. The van der Waals surface area contributed by atoms with Crippen molar-refractivity contribution in [2.75, 3.05) is 18.4 Å². The second kappa shape index (κ2) is 4.96. The van der Waals surface area contributed by atoms with E-state index in [-0.39, 0.29) is 17.6 Å². The highest BCUT2D eigenvalue weighted by atomic mass is 16.6. The maximum atomic E-state index is 12.1. The Morgan fingerprint density at radius 1 is 1.52 bits per heavy atom. The summed E-state index contributed by atoms with van der Waals surface area (Å²) in [5.74, 6) is 0.609. The van der Waals surface area contributed by atoms with Gasteiger partial charge in [0, 0.05) is 25.2 Å². The van der Waals surface area contributed by atoms with Gasteiger partial charge in [0.25, 0.3) is 5.69 Å². The SMILES string of the molecule is NC1(C(=O)N2CCC(Nc3ccc([N+](=O)[O-])cn3)C2)CC1. The highest BCUT2D eigenvalue weighted by molar-refractivity contribution is 5.89. The van der Waals surface area contributed by atoms with Gasteiger partial charge >= 0.3 is 0 Å². The van der Waals surface area contributed by atoms with E-state index >= 15 is 0 Å². The van der Waals surface area contributed by atoms with Crippen molar-refractivity contribution in [1.82, 2.24) is 9.88 Å². The number of amides is 1. The van der Waals surface area contributed by atoms with E-state index in [0.717, 1.165) is 19.3 Å². The molecule has 1 aromatic rings. The van der Waals surface area contributed by atoms with Crippen LogP contribution in [-0.2, 0) is 4.79 Å². The first-order valence-electron chi connectivity index (χ1n) is 6.93. The zero-order chi connectivity index (χ0) is 15.0. The summed E-state index contributed by atoms with van der Waals surface area (Å²) >= 11 is 0. The van der Waals surface area contributed by atoms with Crippen LogP contribution in [0.3, 0.4) is 0 Å². The normalized spacial score (nSPS) is 22.9. The quantitative estimate of drug-likeness (QED) is 0.616. The van der Waals surface area contributed by atoms with Crippen LogP contribution in [0.1, 0.15) is 19.3 Å². The number of nitrogens with two attached hydrogens (primary N) is 1. The third-order valence-electron chi connectivity index (χ3n) is 4.00. The molecule has 0 aromatic carbocycles. The van der Waals surface area contributed by atoms with Gasteiger partial charge in [-0.25, -0.2) is 4.98 Å². The summed E-state index contributed by atoms with van der Waals surface area (Å²) < 4.78 is 0. The van der Waals surface area contributed by atoms with Gasteiger partial charge in [-0.3, -0.25) is 14.9 Å². The average molecular weight is 291 g/mol. The van der Waals surface area contributed by atoms with E-state index in [9.17, 15) is 14.9 Å². The van der Waals surface area contributed by atoms with Gasteiger partial charge in [-0.05, 0) is 25.3 Å². The molecule has 8 heteroatoms. The van der Waals surface area contributed by atoms with Gasteiger partial charge in [0.1, 0.15) is 12.0 Å². The van der Waals surface area contributed by atoms with Crippen LogP contribution < -0.4 is 11.1 Å². The van der Waals surface area contributed by atoms with Gasteiger partial charge < -0.3 is 16.0 Å². The van der Waals surface area contributed by atoms with E-state index < -0.39 is 10.5 Å². The second-order valence-electron chi connectivity index (χ2n) is 5.70. The van der Waals surface area contributed by atoms with Crippen LogP contribution in [0.25, 0.3) is 0 Å². The van der Waals surface area contributed by atoms with Crippen molar-refractivity contribution in [2.24, 2.45) is 5.73 Å². The first kappa shape index (κ1) is 13.7. The molecule has 112 valence electrons. The van der Waals surface area contributed by atoms with Gasteiger partial charge in [-0.15, -0.1) is 0 Å². The monoisotopic (exact) mass is 291 g/mol. The Balaban J connectivity index is 1.57. The number of nitrogens with one attached hydrogen (secondary N) is 1. The Morgan fingerprint density at radius 3 is 2.86 bits per heavy atom. The number of carbonyl (C=O) groups is 1. The minimum atomic E-state index is -0.625. The number of hydrogen-bond acceptors (Lipinski definition) is 6. The lowest BCUT2D eigenvalue weighted by atomic mass is 10.2. The Kier molecular flexibility index (Phi) is 3.25. The van der Waals surface area contributed by atoms with Crippen molar-refractivity contribution in [1.29, 1.82) is 0 Å². The highest BCUT2D eigenvalue weighted by Crippen LogP contribution is 2.35. The summed E-state index contributed by atoms with van der Waals surface area (Å²) in [5.41, 5.74) is 5.26. The molecule has 3 N–H and O–H groups in total. The van der Waals surface area contributed by atoms with Gasteiger partial charge in [0.15, 0.2) is 0 Å². The molecule has 1 saturated heterocycles. The number of rotatable bonds is 4. The molecule has 2 aliphatic rings. The lowest BCUT2D eigenvalue weighted by Crippen LogP contribution is -2.45. The van der Waals surface area contributed by atoms with Crippen LogP contribution in [0, 0.1) is 10.1 Å². The number of aromatic nitrogens is 1. The Bertz CT molecular complexity index is 570. The molecule has 2 fully saturated rings. The van der Waals surface area contributed by atoms with Crippen LogP contribution in [0.15, 0.2) is 18.3 Å². The molecule has 1 aliphatic carbocycles. The fraction of sp³-hybridized carbons (Fsp3) is 0.538. The zero-order valence-corrected chi connectivity index (χ0v) is 11.5. The summed E-state index contributed by atoms with van der Waals surface area (Å²) in [7, 11) is 0. The van der Waals surface area contributed by atoms with E-state index in [2.05, 4.69) is 10.3 Å². The van der Waals surface area contributed by atoms with Crippen LogP contribution in [0.5, 0.6) is 0 Å². The van der Waals surface area contributed by atoms with Gasteiger partial charge in [0.05, 0.1) is 10.5 Å². The maximum absolute atomic E-state index is 12.1.